The molecule has 2 aliphatic heterocycles. The zero-order valence-electron chi connectivity index (χ0n) is 20.4. The molecule has 3 atom stereocenters. The molecule has 3 amide bonds. The number of nitrogens with one attached hydrogen (secondary N) is 2. The Bertz CT molecular complexity index is 1240. The first kappa shape index (κ1) is 22.6. The number of thiazole rings is 1. The van der Waals surface area contributed by atoms with Crippen LogP contribution in [0.25, 0.3) is 0 Å². The SMILES string of the molecule is O=C1CCC(N2Cc3c(CCc4csc(CNC56CC7CC(CC5C7)C6)n4)cccc3C2=O)C(=O)N1. The van der Waals surface area contributed by atoms with Gasteiger partial charge in [0.05, 0.1) is 5.69 Å². The highest BCUT2D eigenvalue weighted by Crippen LogP contribution is 2.60. The van der Waals surface area contributed by atoms with Crippen molar-refractivity contribution in [1.82, 2.24) is 20.5 Å². The number of aryl methyl sites for hydroxylation is 2. The number of piperidine rings is 1. The summed E-state index contributed by atoms with van der Waals surface area (Å²) >= 11 is 1.75. The minimum absolute atomic E-state index is 0.113. The van der Waals surface area contributed by atoms with E-state index in [0.29, 0.717) is 24.1 Å². The Labute approximate surface area is 215 Å². The molecule has 4 saturated carbocycles. The Hall–Kier alpha value is -2.58. The molecule has 1 aromatic heterocycles. The van der Waals surface area contributed by atoms with Crippen LogP contribution in [0.2, 0.25) is 0 Å². The number of fused-ring (bicyclic) bond motifs is 1. The van der Waals surface area contributed by atoms with Crippen molar-refractivity contribution in [1.29, 1.82) is 0 Å². The molecule has 1 saturated heterocycles. The highest BCUT2D eigenvalue weighted by atomic mass is 32.1. The summed E-state index contributed by atoms with van der Waals surface area (Å²) in [6.45, 7) is 1.30. The van der Waals surface area contributed by atoms with Crippen LogP contribution >= 0.6 is 11.3 Å². The Morgan fingerprint density at radius 1 is 1.11 bits per heavy atom. The van der Waals surface area contributed by atoms with E-state index in [9.17, 15) is 14.4 Å². The number of amides is 3. The lowest BCUT2D eigenvalue weighted by Crippen LogP contribution is -2.52. The quantitative estimate of drug-likeness (QED) is 0.565. The van der Waals surface area contributed by atoms with E-state index >= 15 is 0 Å². The van der Waals surface area contributed by atoms with Crippen LogP contribution in [0.4, 0.5) is 0 Å². The Morgan fingerprint density at radius 3 is 2.75 bits per heavy atom. The number of nitrogens with zero attached hydrogens (tertiary/aromatic N) is 2. The van der Waals surface area contributed by atoms with Crippen molar-refractivity contribution >= 4 is 29.1 Å². The summed E-state index contributed by atoms with van der Waals surface area (Å²) in [5.41, 5.74) is 4.32. The number of carbonyl (C=O) groups is 3. The molecule has 3 unspecified atom stereocenters. The fraction of sp³-hybridized carbons (Fsp3) is 0.571. The molecule has 0 spiro atoms. The van der Waals surface area contributed by atoms with Crippen molar-refractivity contribution in [2.75, 3.05) is 0 Å². The Kier molecular flexibility index (Phi) is 5.33. The summed E-state index contributed by atoms with van der Waals surface area (Å²) in [5.74, 6) is 2.04. The van der Waals surface area contributed by atoms with Crippen LogP contribution in [-0.4, -0.2) is 39.2 Å². The number of benzene rings is 1. The molecule has 188 valence electrons. The number of rotatable bonds is 7. The topological polar surface area (TPSA) is 91.4 Å². The molecule has 4 aliphatic carbocycles. The summed E-state index contributed by atoms with van der Waals surface area (Å²) in [5, 5.41) is 9.68. The molecule has 6 aliphatic rings. The van der Waals surface area contributed by atoms with E-state index in [-0.39, 0.29) is 24.1 Å². The molecular weight excluding hydrogens is 472 g/mol. The van der Waals surface area contributed by atoms with Crippen molar-refractivity contribution in [2.45, 2.75) is 82.5 Å². The third-order valence-electron chi connectivity index (χ3n) is 9.51. The summed E-state index contributed by atoms with van der Waals surface area (Å²) in [6.07, 6.45) is 9.34. The van der Waals surface area contributed by atoms with Crippen molar-refractivity contribution in [3.63, 3.8) is 0 Å². The lowest BCUT2D eigenvalue weighted by Gasteiger charge is -2.33. The maximum Gasteiger partial charge on any atom is 0.255 e. The first-order valence-corrected chi connectivity index (χ1v) is 14.3. The average Bonchev–Trinajstić information content (AvgIpc) is 3.57. The maximum absolute atomic E-state index is 13.1. The zero-order chi connectivity index (χ0) is 24.4. The molecule has 8 heteroatoms. The van der Waals surface area contributed by atoms with Crippen molar-refractivity contribution in [2.24, 2.45) is 17.8 Å². The van der Waals surface area contributed by atoms with Crippen LogP contribution in [0.1, 0.15) is 77.1 Å². The molecular formula is C28H32N4O3S. The molecule has 5 fully saturated rings. The van der Waals surface area contributed by atoms with Gasteiger partial charge in [0.1, 0.15) is 11.0 Å². The van der Waals surface area contributed by atoms with Crippen molar-refractivity contribution in [3.8, 4) is 0 Å². The summed E-state index contributed by atoms with van der Waals surface area (Å²) < 4.78 is 0. The third-order valence-corrected chi connectivity index (χ3v) is 10.4. The Morgan fingerprint density at radius 2 is 1.94 bits per heavy atom. The fourth-order valence-corrected chi connectivity index (χ4v) is 8.80. The highest BCUT2D eigenvalue weighted by molar-refractivity contribution is 7.09. The summed E-state index contributed by atoms with van der Waals surface area (Å²) in [7, 11) is 0. The lowest BCUT2D eigenvalue weighted by atomic mass is 9.80. The van der Waals surface area contributed by atoms with Gasteiger partial charge in [0.2, 0.25) is 11.8 Å². The van der Waals surface area contributed by atoms with Crippen molar-refractivity contribution < 1.29 is 14.4 Å². The van der Waals surface area contributed by atoms with Crippen molar-refractivity contribution in [3.05, 3.63) is 51.0 Å². The molecule has 36 heavy (non-hydrogen) atoms. The predicted octanol–water partition coefficient (Wildman–Crippen LogP) is 3.36. The van der Waals surface area contributed by atoms with Gasteiger partial charge in [-0.3, -0.25) is 19.7 Å². The van der Waals surface area contributed by atoms with Crippen LogP contribution < -0.4 is 10.6 Å². The minimum Gasteiger partial charge on any atom is -0.322 e. The largest absolute Gasteiger partial charge is 0.322 e. The minimum atomic E-state index is -0.575. The standard InChI is InChI=1S/C28H32N4O3S/c33-24-7-6-23(26(34)31-24)32-14-22-18(2-1-3-21(22)27(32)35)4-5-20-15-36-25(30-20)13-29-28-11-16-8-17(12-28)10-19(28)9-16/h1-3,15-17,19,23,29H,4-14H2,(H,31,33,34). The van der Waals surface area contributed by atoms with Gasteiger partial charge in [-0.15, -0.1) is 11.3 Å². The first-order chi connectivity index (χ1) is 17.5. The predicted molar refractivity (Wildman–Crippen MR) is 135 cm³/mol. The fourth-order valence-electron chi connectivity index (χ4n) is 8.03. The lowest BCUT2D eigenvalue weighted by molar-refractivity contribution is -0.136. The van der Waals surface area contributed by atoms with Gasteiger partial charge < -0.3 is 10.2 Å². The molecule has 2 aromatic rings. The Balaban J connectivity index is 0.993. The van der Waals surface area contributed by atoms with Crippen LogP contribution in [0.5, 0.6) is 0 Å². The third kappa shape index (κ3) is 3.72. The molecule has 3 heterocycles. The molecule has 7 nitrogen and oxygen atoms in total. The van der Waals surface area contributed by atoms with Gasteiger partial charge in [0.15, 0.2) is 0 Å². The van der Waals surface area contributed by atoms with Gasteiger partial charge in [-0.25, -0.2) is 4.98 Å². The van der Waals surface area contributed by atoms with Gasteiger partial charge in [-0.2, -0.15) is 0 Å². The molecule has 0 radical (unpaired) electrons. The smallest absolute Gasteiger partial charge is 0.255 e. The number of aromatic nitrogens is 1. The van der Waals surface area contributed by atoms with E-state index in [1.165, 1.54) is 37.1 Å². The van der Waals surface area contributed by atoms with E-state index in [4.69, 9.17) is 4.98 Å². The average molecular weight is 505 g/mol. The highest BCUT2D eigenvalue weighted by Gasteiger charge is 2.57. The van der Waals surface area contributed by atoms with E-state index in [0.717, 1.165) is 54.0 Å². The van der Waals surface area contributed by atoms with Crippen LogP contribution in [-0.2, 0) is 35.5 Å². The van der Waals surface area contributed by atoms with Gasteiger partial charge in [0.25, 0.3) is 5.91 Å². The molecule has 4 bridgehead atoms. The molecule has 8 rings (SSSR count). The van der Waals surface area contributed by atoms with E-state index in [1.54, 1.807) is 16.2 Å². The van der Waals surface area contributed by atoms with Gasteiger partial charge in [-0.1, -0.05) is 12.1 Å². The van der Waals surface area contributed by atoms with Crippen LogP contribution in [0.3, 0.4) is 0 Å². The van der Waals surface area contributed by atoms with Gasteiger partial charge in [-0.05, 0) is 86.3 Å². The van der Waals surface area contributed by atoms with Crippen LogP contribution in [0.15, 0.2) is 23.6 Å². The van der Waals surface area contributed by atoms with Gasteiger partial charge in [0, 0.05) is 36.0 Å². The monoisotopic (exact) mass is 504 g/mol. The molecule has 1 aromatic carbocycles. The van der Waals surface area contributed by atoms with E-state index in [2.05, 4.69) is 22.1 Å². The number of carbonyl (C=O) groups excluding carboxylic acids is 3. The molecule has 2 N–H and O–H groups in total. The van der Waals surface area contributed by atoms with Gasteiger partial charge >= 0.3 is 0 Å². The summed E-state index contributed by atoms with van der Waals surface area (Å²) in [4.78, 5) is 43.5. The second kappa shape index (κ2) is 8.48. The van der Waals surface area contributed by atoms with Crippen LogP contribution in [0, 0.1) is 17.8 Å². The van der Waals surface area contributed by atoms with E-state index in [1.807, 2.05) is 12.1 Å². The normalized spacial score (nSPS) is 32.4. The van der Waals surface area contributed by atoms with E-state index < -0.39 is 6.04 Å². The summed E-state index contributed by atoms with van der Waals surface area (Å²) in [6, 6.07) is 5.29. The maximum atomic E-state index is 13.1. The number of imide groups is 1. The first-order valence-electron chi connectivity index (χ1n) is 13.4. The second-order valence-corrected chi connectivity index (χ2v) is 12.6. The number of hydrogen-bond acceptors (Lipinski definition) is 6. The number of hydrogen-bond donors (Lipinski definition) is 2. The second-order valence-electron chi connectivity index (χ2n) is 11.6. The zero-order valence-corrected chi connectivity index (χ0v) is 21.2.